The average Bonchev–Trinajstić information content (AvgIpc) is 2.53. The van der Waals surface area contributed by atoms with Crippen LogP contribution in [0.3, 0.4) is 0 Å². The zero-order valence-corrected chi connectivity index (χ0v) is 12.8. The Bertz CT molecular complexity index is 676. The molecule has 114 valence electrons. The van der Waals surface area contributed by atoms with Crippen molar-refractivity contribution in [2.45, 2.75) is 26.7 Å². The van der Waals surface area contributed by atoms with Crippen molar-refractivity contribution in [3.8, 4) is 5.75 Å². The quantitative estimate of drug-likeness (QED) is 0.655. The molecule has 0 aliphatic carbocycles. The SMILES string of the molecule is CCCc1ccc(/C(C)=N\NC(=O)c2cccc(O)c2)cc1. The van der Waals surface area contributed by atoms with Gasteiger partial charge >= 0.3 is 0 Å². The van der Waals surface area contributed by atoms with E-state index >= 15 is 0 Å². The number of nitrogens with one attached hydrogen (secondary N) is 1. The molecule has 0 unspecified atom stereocenters. The second-order valence-corrected chi connectivity index (χ2v) is 5.14. The molecule has 0 saturated carbocycles. The number of nitrogens with zero attached hydrogens (tertiary/aromatic N) is 1. The van der Waals surface area contributed by atoms with E-state index in [1.165, 1.54) is 17.7 Å². The number of rotatable bonds is 5. The van der Waals surface area contributed by atoms with Gasteiger partial charge < -0.3 is 5.11 Å². The topological polar surface area (TPSA) is 61.7 Å². The first-order chi connectivity index (χ1) is 10.6. The molecule has 0 radical (unpaired) electrons. The minimum absolute atomic E-state index is 0.0554. The van der Waals surface area contributed by atoms with Gasteiger partial charge in [-0.3, -0.25) is 4.79 Å². The number of aryl methyl sites for hydroxylation is 1. The van der Waals surface area contributed by atoms with Gasteiger partial charge in [-0.25, -0.2) is 5.43 Å². The Hall–Kier alpha value is -2.62. The number of carbonyl (C=O) groups is 1. The highest BCUT2D eigenvalue weighted by atomic mass is 16.3. The van der Waals surface area contributed by atoms with Gasteiger partial charge in [0.25, 0.3) is 5.91 Å². The van der Waals surface area contributed by atoms with Crippen LogP contribution in [0, 0.1) is 0 Å². The van der Waals surface area contributed by atoms with Crippen LogP contribution >= 0.6 is 0 Å². The van der Waals surface area contributed by atoms with Crippen molar-refractivity contribution in [2.24, 2.45) is 5.10 Å². The number of amides is 1. The van der Waals surface area contributed by atoms with Crippen LogP contribution in [-0.2, 0) is 6.42 Å². The number of carbonyl (C=O) groups excluding carboxylic acids is 1. The predicted molar refractivity (Wildman–Crippen MR) is 88.2 cm³/mol. The first-order valence-corrected chi connectivity index (χ1v) is 7.33. The van der Waals surface area contributed by atoms with Crippen molar-refractivity contribution in [1.82, 2.24) is 5.43 Å². The third-order valence-electron chi connectivity index (χ3n) is 3.34. The summed E-state index contributed by atoms with van der Waals surface area (Å²) < 4.78 is 0. The number of aromatic hydroxyl groups is 1. The summed E-state index contributed by atoms with van der Waals surface area (Å²) in [6.45, 7) is 4.00. The van der Waals surface area contributed by atoms with Gasteiger partial charge in [0, 0.05) is 5.56 Å². The van der Waals surface area contributed by atoms with Crippen molar-refractivity contribution in [3.05, 3.63) is 65.2 Å². The molecule has 0 fully saturated rings. The van der Waals surface area contributed by atoms with Crippen LogP contribution in [0.15, 0.2) is 53.6 Å². The van der Waals surface area contributed by atoms with E-state index in [-0.39, 0.29) is 11.7 Å². The van der Waals surface area contributed by atoms with E-state index in [0.717, 1.165) is 24.1 Å². The van der Waals surface area contributed by atoms with Crippen LogP contribution in [-0.4, -0.2) is 16.7 Å². The molecule has 0 bridgehead atoms. The molecule has 4 heteroatoms. The van der Waals surface area contributed by atoms with Crippen LogP contribution in [0.4, 0.5) is 0 Å². The van der Waals surface area contributed by atoms with Crippen molar-refractivity contribution < 1.29 is 9.90 Å². The third-order valence-corrected chi connectivity index (χ3v) is 3.34. The summed E-state index contributed by atoms with van der Waals surface area (Å²) in [6.07, 6.45) is 2.18. The average molecular weight is 296 g/mol. The number of hydrogen-bond acceptors (Lipinski definition) is 3. The number of phenols is 1. The summed E-state index contributed by atoms with van der Waals surface area (Å²) in [6, 6.07) is 14.3. The zero-order valence-electron chi connectivity index (χ0n) is 12.8. The first kappa shape index (κ1) is 15.8. The molecule has 0 saturated heterocycles. The van der Waals surface area contributed by atoms with Gasteiger partial charge in [-0.05, 0) is 42.7 Å². The Morgan fingerprint density at radius 1 is 1.14 bits per heavy atom. The van der Waals surface area contributed by atoms with Crippen LogP contribution < -0.4 is 5.43 Å². The highest BCUT2D eigenvalue weighted by Crippen LogP contribution is 2.11. The van der Waals surface area contributed by atoms with Gasteiger partial charge in [0.1, 0.15) is 5.75 Å². The van der Waals surface area contributed by atoms with Gasteiger partial charge in [-0.1, -0.05) is 43.7 Å². The monoisotopic (exact) mass is 296 g/mol. The number of phenolic OH excluding ortho intramolecular Hbond substituents is 1. The summed E-state index contributed by atoms with van der Waals surface area (Å²) in [4.78, 5) is 11.9. The molecule has 2 N–H and O–H groups in total. The Balaban J connectivity index is 2.04. The largest absolute Gasteiger partial charge is 0.508 e. The second-order valence-electron chi connectivity index (χ2n) is 5.14. The summed E-state index contributed by atoms with van der Waals surface area (Å²) >= 11 is 0. The Morgan fingerprint density at radius 2 is 1.86 bits per heavy atom. The van der Waals surface area contributed by atoms with Crippen LogP contribution in [0.2, 0.25) is 0 Å². The fourth-order valence-electron chi connectivity index (χ4n) is 2.11. The molecule has 2 rings (SSSR count). The maximum absolute atomic E-state index is 11.9. The summed E-state index contributed by atoms with van der Waals surface area (Å²) in [7, 11) is 0. The molecular formula is C18H20N2O2. The molecule has 2 aromatic rings. The van der Waals surface area contributed by atoms with E-state index in [4.69, 9.17) is 0 Å². The lowest BCUT2D eigenvalue weighted by molar-refractivity contribution is 0.0954. The van der Waals surface area contributed by atoms with E-state index in [1.54, 1.807) is 12.1 Å². The van der Waals surface area contributed by atoms with Gasteiger partial charge in [0.05, 0.1) is 5.71 Å². The normalized spacial score (nSPS) is 11.3. The maximum atomic E-state index is 11.9. The molecule has 0 aliphatic heterocycles. The van der Waals surface area contributed by atoms with E-state index in [1.807, 2.05) is 19.1 Å². The van der Waals surface area contributed by atoms with Crippen molar-refractivity contribution >= 4 is 11.6 Å². The minimum atomic E-state index is -0.349. The Kier molecular flexibility index (Phi) is 5.31. The van der Waals surface area contributed by atoms with Crippen molar-refractivity contribution in [2.75, 3.05) is 0 Å². The molecule has 0 aliphatic rings. The molecule has 1 amide bonds. The maximum Gasteiger partial charge on any atom is 0.271 e. The van der Waals surface area contributed by atoms with Gasteiger partial charge in [0.15, 0.2) is 0 Å². The molecular weight excluding hydrogens is 276 g/mol. The smallest absolute Gasteiger partial charge is 0.271 e. The fraction of sp³-hybridized carbons (Fsp3) is 0.222. The van der Waals surface area contributed by atoms with Crippen LogP contribution in [0.5, 0.6) is 5.75 Å². The lowest BCUT2D eigenvalue weighted by Crippen LogP contribution is -2.19. The highest BCUT2D eigenvalue weighted by molar-refractivity contribution is 6.00. The van der Waals surface area contributed by atoms with Gasteiger partial charge in [0.2, 0.25) is 0 Å². The first-order valence-electron chi connectivity index (χ1n) is 7.33. The summed E-state index contributed by atoms with van der Waals surface area (Å²) in [5.41, 5.74) is 5.87. The third kappa shape index (κ3) is 4.19. The zero-order chi connectivity index (χ0) is 15.9. The number of hydrazone groups is 1. The second kappa shape index (κ2) is 7.41. The molecule has 0 spiro atoms. The molecule has 0 atom stereocenters. The minimum Gasteiger partial charge on any atom is -0.508 e. The lowest BCUT2D eigenvalue weighted by atomic mass is 10.1. The molecule has 4 nitrogen and oxygen atoms in total. The van der Waals surface area contributed by atoms with E-state index in [2.05, 4.69) is 29.6 Å². The predicted octanol–water partition coefficient (Wildman–Crippen LogP) is 3.50. The standard InChI is InChI=1S/C18H20N2O2/c1-3-5-14-8-10-15(11-9-14)13(2)19-20-18(22)16-6-4-7-17(21)12-16/h4,6-12,21H,3,5H2,1-2H3,(H,20,22)/b19-13-. The molecule has 22 heavy (non-hydrogen) atoms. The van der Waals surface area contributed by atoms with E-state index in [9.17, 15) is 9.90 Å². The van der Waals surface area contributed by atoms with Crippen LogP contribution in [0.1, 0.15) is 41.8 Å². The molecule has 0 heterocycles. The summed E-state index contributed by atoms with van der Waals surface area (Å²) in [5.74, 6) is -0.294. The Morgan fingerprint density at radius 3 is 2.50 bits per heavy atom. The van der Waals surface area contributed by atoms with E-state index in [0.29, 0.717) is 5.56 Å². The van der Waals surface area contributed by atoms with Crippen molar-refractivity contribution in [3.63, 3.8) is 0 Å². The Labute approximate surface area is 130 Å². The molecule has 0 aromatic heterocycles. The van der Waals surface area contributed by atoms with Gasteiger partial charge in [-0.15, -0.1) is 0 Å². The number of benzene rings is 2. The number of hydrogen-bond donors (Lipinski definition) is 2. The fourth-order valence-corrected chi connectivity index (χ4v) is 2.11. The van der Waals surface area contributed by atoms with Gasteiger partial charge in [-0.2, -0.15) is 5.10 Å². The molecule has 2 aromatic carbocycles. The highest BCUT2D eigenvalue weighted by Gasteiger charge is 2.05. The van der Waals surface area contributed by atoms with Crippen molar-refractivity contribution in [1.29, 1.82) is 0 Å². The summed E-state index contributed by atoms with van der Waals surface area (Å²) in [5, 5.41) is 13.5. The lowest BCUT2D eigenvalue weighted by Gasteiger charge is -2.05. The van der Waals surface area contributed by atoms with Crippen LogP contribution in [0.25, 0.3) is 0 Å². The van der Waals surface area contributed by atoms with E-state index < -0.39 is 0 Å².